The van der Waals surface area contributed by atoms with Crippen LogP contribution in [0.3, 0.4) is 0 Å². The van der Waals surface area contributed by atoms with Gasteiger partial charge in [0.2, 0.25) is 0 Å². The minimum atomic E-state index is -0.538. The molecule has 3 aromatic carbocycles. The maximum absolute atomic E-state index is 15.2. The monoisotopic (exact) mass is 440 g/mol. The minimum Gasteiger partial charge on any atom is -0.256 e. The van der Waals surface area contributed by atoms with Crippen LogP contribution in [0.25, 0.3) is 22.0 Å². The summed E-state index contributed by atoms with van der Waals surface area (Å²) in [5.74, 6) is -0.781. The zero-order valence-electron chi connectivity index (χ0n) is 18.7. The first-order chi connectivity index (χ1) is 16.1. The van der Waals surface area contributed by atoms with Gasteiger partial charge in [0, 0.05) is 17.1 Å². The second kappa shape index (κ2) is 10.4. The lowest BCUT2D eigenvalue weighted by atomic mass is 9.98. The fourth-order valence-corrected chi connectivity index (χ4v) is 4.10. The molecule has 4 rings (SSSR count). The maximum atomic E-state index is 15.2. The van der Waals surface area contributed by atoms with Gasteiger partial charge in [-0.05, 0) is 72.0 Å². The summed E-state index contributed by atoms with van der Waals surface area (Å²) < 4.78 is 29.0. The number of nitriles is 1. The van der Waals surface area contributed by atoms with Crippen molar-refractivity contribution in [2.45, 2.75) is 45.4 Å². The van der Waals surface area contributed by atoms with Gasteiger partial charge in [-0.25, -0.2) is 8.78 Å². The van der Waals surface area contributed by atoms with Crippen molar-refractivity contribution in [2.24, 2.45) is 0 Å². The molecule has 4 heteroatoms. The van der Waals surface area contributed by atoms with Crippen LogP contribution >= 0.6 is 0 Å². The van der Waals surface area contributed by atoms with Gasteiger partial charge in [0.25, 0.3) is 0 Å². The molecule has 0 atom stereocenters. The summed E-state index contributed by atoms with van der Waals surface area (Å²) in [5.41, 5.74) is 4.43. The fourth-order valence-electron chi connectivity index (χ4n) is 4.10. The largest absolute Gasteiger partial charge is 0.256 e. The first kappa shape index (κ1) is 22.6. The summed E-state index contributed by atoms with van der Waals surface area (Å²) in [6.07, 6.45) is 7.54. The summed E-state index contributed by atoms with van der Waals surface area (Å²) in [5, 5.41) is 10.2. The summed E-state index contributed by atoms with van der Waals surface area (Å²) in [6, 6.07) is 19.9. The number of halogens is 2. The first-order valence-electron chi connectivity index (χ1n) is 11.4. The van der Waals surface area contributed by atoms with Crippen molar-refractivity contribution in [3.8, 4) is 17.3 Å². The zero-order valence-corrected chi connectivity index (χ0v) is 18.7. The highest BCUT2D eigenvalue weighted by Gasteiger charge is 2.10. The molecule has 0 aliphatic rings. The number of unbranched alkanes of at least 4 members (excludes halogenated alkanes) is 2. The number of benzene rings is 3. The third kappa shape index (κ3) is 5.26. The molecule has 2 nitrogen and oxygen atoms in total. The minimum absolute atomic E-state index is 0.0204. The van der Waals surface area contributed by atoms with E-state index in [0.29, 0.717) is 23.8 Å². The van der Waals surface area contributed by atoms with Gasteiger partial charge in [-0.1, -0.05) is 56.2 Å². The Labute approximate surface area is 193 Å². The van der Waals surface area contributed by atoms with Crippen molar-refractivity contribution in [1.82, 2.24) is 4.98 Å². The van der Waals surface area contributed by atoms with Crippen molar-refractivity contribution in [3.05, 3.63) is 101 Å². The molecule has 0 bridgehead atoms. The van der Waals surface area contributed by atoms with E-state index in [0.717, 1.165) is 28.6 Å². The lowest BCUT2D eigenvalue weighted by Gasteiger charge is -2.09. The molecule has 1 heterocycles. The third-order valence-electron chi connectivity index (χ3n) is 6.06. The Hall–Kier alpha value is -3.58. The van der Waals surface area contributed by atoms with Gasteiger partial charge < -0.3 is 0 Å². The molecule has 0 N–H and O–H groups in total. The van der Waals surface area contributed by atoms with Crippen LogP contribution in [0.5, 0.6) is 0 Å². The number of rotatable bonds is 8. The highest BCUT2D eigenvalue weighted by atomic mass is 19.1. The predicted molar refractivity (Wildman–Crippen MR) is 129 cm³/mol. The Bertz CT molecular complexity index is 1300. The Morgan fingerprint density at radius 2 is 1.70 bits per heavy atom. The smallest absolute Gasteiger partial charge is 0.141 e. The maximum Gasteiger partial charge on any atom is 0.141 e. The van der Waals surface area contributed by atoms with Gasteiger partial charge in [0.1, 0.15) is 17.7 Å². The van der Waals surface area contributed by atoms with E-state index in [9.17, 15) is 4.39 Å². The van der Waals surface area contributed by atoms with Gasteiger partial charge in [-0.3, -0.25) is 4.98 Å². The number of nitrogens with zero attached hydrogens (tertiary/aromatic N) is 2. The number of hydrogen-bond donors (Lipinski definition) is 0. The highest BCUT2D eigenvalue weighted by molar-refractivity contribution is 5.88. The van der Waals surface area contributed by atoms with Crippen LogP contribution < -0.4 is 0 Å². The van der Waals surface area contributed by atoms with E-state index in [1.165, 1.54) is 37.0 Å². The summed E-state index contributed by atoms with van der Waals surface area (Å²) in [7, 11) is 0. The Kier molecular flexibility index (Phi) is 7.10. The molecule has 0 amide bonds. The van der Waals surface area contributed by atoms with E-state index < -0.39 is 5.82 Å². The molecule has 0 aliphatic heterocycles. The molecular formula is C29H26F2N2. The molecule has 0 aliphatic carbocycles. The predicted octanol–water partition coefficient (Wildman–Crippen LogP) is 7.57. The highest BCUT2D eigenvalue weighted by Crippen LogP contribution is 2.27. The topological polar surface area (TPSA) is 36.7 Å². The van der Waals surface area contributed by atoms with Crippen LogP contribution in [0, 0.1) is 23.0 Å². The average molecular weight is 441 g/mol. The van der Waals surface area contributed by atoms with Crippen LogP contribution in [0.4, 0.5) is 8.78 Å². The molecule has 0 saturated carbocycles. The molecule has 166 valence electrons. The molecule has 0 radical (unpaired) electrons. The van der Waals surface area contributed by atoms with Gasteiger partial charge in [0.05, 0.1) is 11.3 Å². The first-order valence-corrected chi connectivity index (χ1v) is 11.4. The second-order valence-electron chi connectivity index (χ2n) is 8.41. The molecule has 1 aromatic heterocycles. The lowest BCUT2D eigenvalue weighted by Crippen LogP contribution is -1.97. The van der Waals surface area contributed by atoms with E-state index in [1.54, 1.807) is 12.1 Å². The summed E-state index contributed by atoms with van der Waals surface area (Å²) >= 11 is 0. The molecule has 0 unspecified atom stereocenters. The Balaban J connectivity index is 1.50. The fraction of sp³-hybridized carbons (Fsp3) is 0.241. The second-order valence-corrected chi connectivity index (χ2v) is 8.41. The van der Waals surface area contributed by atoms with Crippen molar-refractivity contribution < 1.29 is 8.78 Å². The summed E-state index contributed by atoms with van der Waals surface area (Å²) in [4.78, 5) is 4.61. The van der Waals surface area contributed by atoms with Crippen molar-refractivity contribution >= 4 is 10.8 Å². The number of hydrogen-bond acceptors (Lipinski definition) is 2. The molecular weight excluding hydrogens is 414 g/mol. The van der Waals surface area contributed by atoms with Crippen LogP contribution in [-0.4, -0.2) is 4.98 Å². The standard InChI is InChI=1S/C29H26F2N2/c1-2-3-4-5-21-8-15-28(33-19-21)24-13-14-26-23(17-24)12-11-22(29(26)31)9-6-20-7-10-25(18-32)27(30)16-20/h7-8,10-17,19H,2-6,9H2,1H3. The van der Waals surface area contributed by atoms with Crippen molar-refractivity contribution in [1.29, 1.82) is 5.26 Å². The zero-order chi connectivity index (χ0) is 23.2. The van der Waals surface area contributed by atoms with Crippen LogP contribution in [0.2, 0.25) is 0 Å². The lowest BCUT2D eigenvalue weighted by molar-refractivity contribution is 0.616. The Morgan fingerprint density at radius 3 is 2.42 bits per heavy atom. The molecule has 0 fully saturated rings. The number of aromatic nitrogens is 1. The molecule has 0 saturated heterocycles. The van der Waals surface area contributed by atoms with Crippen LogP contribution in [0.15, 0.2) is 66.9 Å². The van der Waals surface area contributed by atoms with Crippen LogP contribution in [-0.2, 0) is 19.3 Å². The van der Waals surface area contributed by atoms with E-state index >= 15 is 4.39 Å². The number of pyridine rings is 1. The Morgan fingerprint density at radius 1 is 0.848 bits per heavy atom. The number of aryl methyl sites for hydroxylation is 3. The summed E-state index contributed by atoms with van der Waals surface area (Å²) in [6.45, 7) is 2.20. The SMILES string of the molecule is CCCCCc1ccc(-c2ccc3c(F)c(CCc4ccc(C#N)c(F)c4)ccc3c2)nc1. The van der Waals surface area contributed by atoms with Gasteiger partial charge in [0.15, 0.2) is 0 Å². The normalized spacial score (nSPS) is 11.0. The van der Waals surface area contributed by atoms with Crippen LogP contribution in [0.1, 0.15) is 48.4 Å². The molecule has 0 spiro atoms. The van der Waals surface area contributed by atoms with Crippen molar-refractivity contribution in [2.75, 3.05) is 0 Å². The third-order valence-corrected chi connectivity index (χ3v) is 6.06. The van der Waals surface area contributed by atoms with E-state index in [4.69, 9.17) is 5.26 Å². The van der Waals surface area contributed by atoms with E-state index in [1.807, 2.05) is 42.6 Å². The van der Waals surface area contributed by atoms with Gasteiger partial charge >= 0.3 is 0 Å². The van der Waals surface area contributed by atoms with Gasteiger partial charge in [-0.2, -0.15) is 5.26 Å². The van der Waals surface area contributed by atoms with E-state index in [-0.39, 0.29) is 11.4 Å². The number of fused-ring (bicyclic) bond motifs is 1. The molecule has 33 heavy (non-hydrogen) atoms. The van der Waals surface area contributed by atoms with Crippen molar-refractivity contribution in [3.63, 3.8) is 0 Å². The van der Waals surface area contributed by atoms with E-state index in [2.05, 4.69) is 18.0 Å². The van der Waals surface area contributed by atoms with Gasteiger partial charge in [-0.15, -0.1) is 0 Å². The quantitative estimate of drug-likeness (QED) is 0.265. The molecule has 4 aromatic rings. The average Bonchev–Trinajstić information content (AvgIpc) is 2.84.